The lowest BCUT2D eigenvalue weighted by Crippen LogP contribution is -2.43. The highest BCUT2D eigenvalue weighted by molar-refractivity contribution is 5.39. The van der Waals surface area contributed by atoms with Crippen LogP contribution in [0.2, 0.25) is 0 Å². The normalized spacial score (nSPS) is 24.6. The van der Waals surface area contributed by atoms with Crippen molar-refractivity contribution in [1.29, 1.82) is 0 Å². The molecule has 1 N–H and O–H groups in total. The first-order chi connectivity index (χ1) is 8.49. The number of ether oxygens (including phenoxy) is 1. The zero-order valence-corrected chi connectivity index (χ0v) is 12.2. The van der Waals surface area contributed by atoms with Gasteiger partial charge in [0.1, 0.15) is 0 Å². The second-order valence-corrected chi connectivity index (χ2v) is 5.88. The molecule has 2 atom stereocenters. The Labute approximate surface area is 111 Å². The first-order valence-electron chi connectivity index (χ1n) is 6.93. The first kappa shape index (κ1) is 13.6. The molecule has 0 aliphatic carbocycles. The molecule has 1 saturated heterocycles. The summed E-state index contributed by atoms with van der Waals surface area (Å²) in [6.07, 6.45) is 0.524. The fourth-order valence-corrected chi connectivity index (χ4v) is 2.93. The molecule has 0 saturated carbocycles. The zero-order chi connectivity index (χ0) is 13.3. The fourth-order valence-electron chi connectivity index (χ4n) is 2.93. The zero-order valence-electron chi connectivity index (χ0n) is 12.2. The lowest BCUT2D eigenvalue weighted by Gasteiger charge is -2.34. The molecule has 1 aliphatic rings. The Morgan fingerprint density at radius 2 is 1.72 bits per heavy atom. The van der Waals surface area contributed by atoms with Crippen molar-refractivity contribution in [3.63, 3.8) is 0 Å². The van der Waals surface area contributed by atoms with Crippen LogP contribution in [0.15, 0.2) is 12.1 Å². The maximum absolute atomic E-state index is 6.27. The van der Waals surface area contributed by atoms with Gasteiger partial charge in [-0.3, -0.25) is 0 Å². The third-order valence-electron chi connectivity index (χ3n) is 3.82. The van der Waals surface area contributed by atoms with Crippen LogP contribution >= 0.6 is 0 Å². The largest absolute Gasteiger partial charge is 0.367 e. The van der Waals surface area contributed by atoms with Crippen LogP contribution in [-0.4, -0.2) is 19.2 Å². The Kier molecular flexibility index (Phi) is 4.08. The molecule has 2 rings (SSSR count). The van der Waals surface area contributed by atoms with Crippen LogP contribution in [0.4, 0.5) is 0 Å². The van der Waals surface area contributed by atoms with Gasteiger partial charge >= 0.3 is 0 Å². The third kappa shape index (κ3) is 2.76. The lowest BCUT2D eigenvalue weighted by molar-refractivity contribution is -0.0608. The van der Waals surface area contributed by atoms with Crippen LogP contribution in [0.3, 0.4) is 0 Å². The molecule has 1 aliphatic heterocycles. The second-order valence-electron chi connectivity index (χ2n) is 5.88. The highest BCUT2D eigenvalue weighted by atomic mass is 16.5. The number of nitrogens with one attached hydrogen (secondary N) is 1. The van der Waals surface area contributed by atoms with Crippen molar-refractivity contribution in [3.05, 3.63) is 34.4 Å². The molecule has 2 nitrogen and oxygen atoms in total. The molecule has 18 heavy (non-hydrogen) atoms. The lowest BCUT2D eigenvalue weighted by atomic mass is 9.94. The first-order valence-corrected chi connectivity index (χ1v) is 6.93. The summed E-state index contributed by atoms with van der Waals surface area (Å²) in [5, 5.41) is 3.51. The number of hydrogen-bond acceptors (Lipinski definition) is 2. The minimum atomic E-state index is 0.201. The molecule has 0 bridgehead atoms. The second kappa shape index (κ2) is 5.41. The molecule has 2 heteroatoms. The van der Waals surface area contributed by atoms with E-state index in [2.05, 4.69) is 52.1 Å². The van der Waals surface area contributed by atoms with Crippen molar-refractivity contribution in [3.8, 4) is 0 Å². The van der Waals surface area contributed by atoms with Crippen LogP contribution in [0.5, 0.6) is 0 Å². The summed E-state index contributed by atoms with van der Waals surface area (Å²) >= 11 is 0. The van der Waals surface area contributed by atoms with Crippen molar-refractivity contribution in [2.45, 2.75) is 46.8 Å². The predicted molar refractivity (Wildman–Crippen MR) is 76.0 cm³/mol. The molecule has 0 radical (unpaired) electrons. The van der Waals surface area contributed by atoms with E-state index in [1.807, 2.05) is 0 Å². The number of aryl methyl sites for hydroxylation is 3. The van der Waals surface area contributed by atoms with E-state index in [1.165, 1.54) is 22.3 Å². The molecule has 1 aromatic rings. The van der Waals surface area contributed by atoms with Crippen molar-refractivity contribution in [2.75, 3.05) is 13.1 Å². The van der Waals surface area contributed by atoms with Crippen molar-refractivity contribution < 1.29 is 4.74 Å². The molecule has 1 heterocycles. The fraction of sp³-hybridized carbons (Fsp3) is 0.625. The van der Waals surface area contributed by atoms with E-state index >= 15 is 0 Å². The summed E-state index contributed by atoms with van der Waals surface area (Å²) in [6, 6.07) is 4.51. The van der Waals surface area contributed by atoms with Gasteiger partial charge in [-0.1, -0.05) is 31.5 Å². The standard InChI is InChI=1S/C16H25NO/c1-10(2)14-8-17-9-15(18-14)16-12(4)6-11(3)7-13(16)5/h6-7,10,14-15,17H,8-9H2,1-5H3. The summed E-state index contributed by atoms with van der Waals surface area (Å²) in [4.78, 5) is 0. The van der Waals surface area contributed by atoms with E-state index in [0.29, 0.717) is 12.0 Å². The molecule has 0 spiro atoms. The van der Waals surface area contributed by atoms with Gasteiger partial charge in [0, 0.05) is 13.1 Å². The van der Waals surface area contributed by atoms with Crippen LogP contribution in [0, 0.1) is 26.7 Å². The van der Waals surface area contributed by atoms with Gasteiger partial charge in [-0.15, -0.1) is 0 Å². The van der Waals surface area contributed by atoms with E-state index in [-0.39, 0.29) is 6.10 Å². The van der Waals surface area contributed by atoms with Gasteiger partial charge < -0.3 is 10.1 Å². The Hall–Kier alpha value is -0.860. The predicted octanol–water partition coefficient (Wildman–Crippen LogP) is 3.30. The molecular formula is C16H25NO. The van der Waals surface area contributed by atoms with Gasteiger partial charge in [-0.2, -0.15) is 0 Å². The number of rotatable bonds is 2. The van der Waals surface area contributed by atoms with E-state index in [1.54, 1.807) is 0 Å². The Morgan fingerprint density at radius 3 is 2.28 bits per heavy atom. The smallest absolute Gasteiger partial charge is 0.0958 e. The SMILES string of the molecule is Cc1cc(C)c(C2CNCC(C(C)C)O2)c(C)c1. The van der Waals surface area contributed by atoms with Gasteiger partial charge in [-0.25, -0.2) is 0 Å². The van der Waals surface area contributed by atoms with Crippen LogP contribution < -0.4 is 5.32 Å². The summed E-state index contributed by atoms with van der Waals surface area (Å²) < 4.78 is 6.27. The summed E-state index contributed by atoms with van der Waals surface area (Å²) in [6.45, 7) is 12.9. The molecule has 0 aromatic heterocycles. The van der Waals surface area contributed by atoms with E-state index in [0.717, 1.165) is 13.1 Å². The third-order valence-corrected chi connectivity index (χ3v) is 3.82. The van der Waals surface area contributed by atoms with E-state index in [4.69, 9.17) is 4.74 Å². The average Bonchev–Trinajstić information content (AvgIpc) is 2.28. The van der Waals surface area contributed by atoms with Crippen LogP contribution in [0.25, 0.3) is 0 Å². The van der Waals surface area contributed by atoms with Gasteiger partial charge in [0.05, 0.1) is 12.2 Å². The minimum Gasteiger partial charge on any atom is -0.367 e. The van der Waals surface area contributed by atoms with Gasteiger partial charge in [0.25, 0.3) is 0 Å². The summed E-state index contributed by atoms with van der Waals surface area (Å²) in [5.74, 6) is 0.561. The highest BCUT2D eigenvalue weighted by Gasteiger charge is 2.27. The van der Waals surface area contributed by atoms with Crippen molar-refractivity contribution in [1.82, 2.24) is 5.32 Å². The topological polar surface area (TPSA) is 21.3 Å². The quantitative estimate of drug-likeness (QED) is 0.866. The molecule has 1 fully saturated rings. The molecule has 1 aromatic carbocycles. The monoisotopic (exact) mass is 247 g/mol. The maximum Gasteiger partial charge on any atom is 0.0958 e. The van der Waals surface area contributed by atoms with Crippen LogP contribution in [-0.2, 0) is 4.74 Å². The van der Waals surface area contributed by atoms with Gasteiger partial charge in [-0.05, 0) is 43.4 Å². The summed E-state index contributed by atoms with van der Waals surface area (Å²) in [7, 11) is 0. The summed E-state index contributed by atoms with van der Waals surface area (Å²) in [5.41, 5.74) is 5.41. The molecular weight excluding hydrogens is 222 g/mol. The van der Waals surface area contributed by atoms with Gasteiger partial charge in [0.2, 0.25) is 0 Å². The Balaban J connectivity index is 2.26. The highest BCUT2D eigenvalue weighted by Crippen LogP contribution is 2.29. The van der Waals surface area contributed by atoms with E-state index < -0.39 is 0 Å². The van der Waals surface area contributed by atoms with E-state index in [9.17, 15) is 0 Å². The minimum absolute atomic E-state index is 0.201. The van der Waals surface area contributed by atoms with Gasteiger partial charge in [0.15, 0.2) is 0 Å². The molecule has 2 unspecified atom stereocenters. The number of morpholine rings is 1. The molecule has 0 amide bonds. The molecule has 100 valence electrons. The maximum atomic E-state index is 6.27. The average molecular weight is 247 g/mol. The Bertz CT molecular complexity index is 402. The van der Waals surface area contributed by atoms with Crippen molar-refractivity contribution >= 4 is 0 Å². The number of hydrogen-bond donors (Lipinski definition) is 1. The number of benzene rings is 1. The van der Waals surface area contributed by atoms with Crippen LogP contribution in [0.1, 0.15) is 42.2 Å². The van der Waals surface area contributed by atoms with Crippen molar-refractivity contribution in [2.24, 2.45) is 5.92 Å². The Morgan fingerprint density at radius 1 is 1.11 bits per heavy atom.